The summed E-state index contributed by atoms with van der Waals surface area (Å²) in [5, 5.41) is 10.5. The van der Waals surface area contributed by atoms with Crippen LogP contribution in [0.25, 0.3) is 6.08 Å². The normalized spacial score (nSPS) is 16.4. The van der Waals surface area contributed by atoms with E-state index in [-0.39, 0.29) is 27.7 Å². The Hall–Kier alpha value is -2.30. The maximum Gasteiger partial charge on any atom is 0.294 e. The summed E-state index contributed by atoms with van der Waals surface area (Å²) in [5.74, 6) is 1.68. The van der Waals surface area contributed by atoms with E-state index >= 15 is 0 Å². The summed E-state index contributed by atoms with van der Waals surface area (Å²) in [7, 11) is 0. The Bertz CT molecular complexity index is 723. The van der Waals surface area contributed by atoms with Gasteiger partial charge in [-0.25, -0.2) is 0 Å². The Kier molecular flexibility index (Phi) is 4.31. The molecule has 1 fully saturated rings. The molecule has 1 aliphatic rings. The number of nitro benzene ring substituents is 1. The number of rotatable bonds is 3. The molecule has 0 spiro atoms. The Morgan fingerprint density at radius 1 is 1.48 bits per heavy atom. The molecule has 1 aromatic rings. The fourth-order valence-corrected chi connectivity index (χ4v) is 2.63. The number of hydrogen-bond acceptors (Lipinski definition) is 5. The summed E-state index contributed by atoms with van der Waals surface area (Å²) < 4.78 is 0. The molecule has 0 bridgehead atoms. The molecule has 0 unspecified atom stereocenters. The van der Waals surface area contributed by atoms with Crippen LogP contribution >= 0.6 is 23.4 Å². The maximum atomic E-state index is 12.0. The van der Waals surface area contributed by atoms with Crippen LogP contribution in [0, 0.1) is 22.5 Å². The monoisotopic (exact) mass is 322 g/mol. The average Bonchev–Trinajstić information content (AvgIpc) is 2.69. The second kappa shape index (κ2) is 5.99. The number of hydrogen-bond donors (Lipinski definition) is 0. The van der Waals surface area contributed by atoms with Crippen molar-refractivity contribution in [2.45, 2.75) is 0 Å². The number of nitrogens with zero attached hydrogens (tertiary/aromatic N) is 2. The molecule has 6 nitrogen and oxygen atoms in total. The Morgan fingerprint density at radius 3 is 2.81 bits per heavy atom. The number of amides is 2. The third kappa shape index (κ3) is 3.07. The molecule has 0 atom stereocenters. The van der Waals surface area contributed by atoms with E-state index in [0.29, 0.717) is 11.8 Å². The first-order chi connectivity index (χ1) is 9.93. The summed E-state index contributed by atoms with van der Waals surface area (Å²) >= 11 is 6.66. The molecule has 1 saturated heterocycles. The van der Waals surface area contributed by atoms with Gasteiger partial charge in [-0.15, -0.1) is 6.42 Å². The third-order valence-corrected chi connectivity index (χ3v) is 3.85. The van der Waals surface area contributed by atoms with E-state index in [2.05, 4.69) is 5.92 Å². The van der Waals surface area contributed by atoms with Gasteiger partial charge in [-0.1, -0.05) is 17.5 Å². The molecule has 2 rings (SSSR count). The van der Waals surface area contributed by atoms with Gasteiger partial charge in [0.15, 0.2) is 0 Å². The van der Waals surface area contributed by atoms with Crippen molar-refractivity contribution >= 4 is 46.3 Å². The molecular weight excluding hydrogens is 316 g/mol. The first-order valence-corrected chi connectivity index (χ1v) is 6.76. The first kappa shape index (κ1) is 15.1. The lowest BCUT2D eigenvalue weighted by atomic mass is 10.2. The van der Waals surface area contributed by atoms with E-state index < -0.39 is 16.1 Å². The molecule has 1 aromatic carbocycles. The molecule has 0 N–H and O–H groups in total. The minimum absolute atomic E-state index is 0.120. The van der Waals surface area contributed by atoms with Crippen molar-refractivity contribution in [1.29, 1.82) is 0 Å². The van der Waals surface area contributed by atoms with Gasteiger partial charge in [0.25, 0.3) is 16.8 Å². The lowest BCUT2D eigenvalue weighted by molar-refractivity contribution is -0.384. The number of terminal acetylenes is 1. The summed E-state index contributed by atoms with van der Waals surface area (Å²) in [6, 6.07) is 3.85. The zero-order valence-electron chi connectivity index (χ0n) is 10.4. The van der Waals surface area contributed by atoms with Crippen LogP contribution < -0.4 is 0 Å². The number of carbonyl (C=O) groups excluding carboxylic acids is 2. The van der Waals surface area contributed by atoms with E-state index in [9.17, 15) is 19.7 Å². The van der Waals surface area contributed by atoms with E-state index in [4.69, 9.17) is 18.0 Å². The van der Waals surface area contributed by atoms with Gasteiger partial charge in [-0.05, 0) is 23.9 Å². The first-order valence-electron chi connectivity index (χ1n) is 5.57. The summed E-state index contributed by atoms with van der Waals surface area (Å²) in [6.07, 6.45) is 6.43. The number of nitro groups is 1. The minimum Gasteiger partial charge on any atom is -0.268 e. The topological polar surface area (TPSA) is 80.5 Å². The zero-order chi connectivity index (χ0) is 15.6. The molecule has 2 amide bonds. The van der Waals surface area contributed by atoms with Crippen LogP contribution in [0.1, 0.15) is 5.56 Å². The number of imide groups is 1. The highest BCUT2D eigenvalue weighted by Crippen LogP contribution is 2.34. The van der Waals surface area contributed by atoms with Gasteiger partial charge >= 0.3 is 0 Å². The van der Waals surface area contributed by atoms with Crippen LogP contribution in [0.15, 0.2) is 23.1 Å². The van der Waals surface area contributed by atoms with Crippen LogP contribution in [0.5, 0.6) is 0 Å². The Balaban J connectivity index is 2.39. The van der Waals surface area contributed by atoms with Crippen molar-refractivity contribution in [3.63, 3.8) is 0 Å². The number of carbonyl (C=O) groups is 2. The Morgan fingerprint density at radius 2 is 2.19 bits per heavy atom. The van der Waals surface area contributed by atoms with Crippen molar-refractivity contribution in [2.75, 3.05) is 6.54 Å². The minimum atomic E-state index is -0.572. The van der Waals surface area contributed by atoms with Crippen LogP contribution in [0.2, 0.25) is 5.02 Å². The summed E-state index contributed by atoms with van der Waals surface area (Å²) in [6.45, 7) is -0.120. The van der Waals surface area contributed by atoms with Gasteiger partial charge in [-0.2, -0.15) is 0 Å². The molecule has 0 radical (unpaired) electrons. The highest BCUT2D eigenvalue weighted by molar-refractivity contribution is 8.18. The predicted octanol–water partition coefficient (Wildman–Crippen LogP) is 2.92. The standard InChI is InChI=1S/C13H7ClN2O4S/c1-2-5-15-12(17)11(21-13(15)18)7-8-6-9(16(19)20)3-4-10(8)14/h1,3-4,6-7H,5H2/b11-7-. The third-order valence-electron chi connectivity index (χ3n) is 2.60. The van der Waals surface area contributed by atoms with E-state index in [1.54, 1.807) is 0 Å². The van der Waals surface area contributed by atoms with Gasteiger partial charge < -0.3 is 0 Å². The fraction of sp³-hybridized carbons (Fsp3) is 0.0769. The van der Waals surface area contributed by atoms with Crippen molar-refractivity contribution in [2.24, 2.45) is 0 Å². The van der Waals surface area contributed by atoms with Gasteiger partial charge in [0.1, 0.15) is 0 Å². The number of thioether (sulfide) groups is 1. The van der Waals surface area contributed by atoms with E-state index in [1.807, 2.05) is 0 Å². The van der Waals surface area contributed by atoms with E-state index in [0.717, 1.165) is 4.90 Å². The molecule has 1 heterocycles. The summed E-state index contributed by atoms with van der Waals surface area (Å²) in [4.78, 5) is 34.8. The fourth-order valence-electron chi connectivity index (χ4n) is 1.62. The van der Waals surface area contributed by atoms with Gasteiger partial charge in [0, 0.05) is 22.7 Å². The van der Waals surface area contributed by atoms with Gasteiger partial charge in [0.2, 0.25) is 0 Å². The Labute approximate surface area is 128 Å². The number of non-ortho nitro benzene ring substituents is 1. The maximum absolute atomic E-state index is 12.0. The molecule has 106 valence electrons. The molecule has 1 aliphatic heterocycles. The van der Waals surface area contributed by atoms with Crippen LogP contribution in [-0.2, 0) is 4.79 Å². The van der Waals surface area contributed by atoms with Crippen molar-refractivity contribution in [3.05, 3.63) is 43.8 Å². The quantitative estimate of drug-likeness (QED) is 0.370. The van der Waals surface area contributed by atoms with Crippen LogP contribution in [0.3, 0.4) is 0 Å². The van der Waals surface area contributed by atoms with E-state index in [1.165, 1.54) is 24.3 Å². The lowest BCUT2D eigenvalue weighted by Crippen LogP contribution is -2.28. The predicted molar refractivity (Wildman–Crippen MR) is 79.6 cm³/mol. The molecule has 0 aliphatic carbocycles. The van der Waals surface area contributed by atoms with Crippen LogP contribution in [-0.4, -0.2) is 27.5 Å². The van der Waals surface area contributed by atoms with Gasteiger partial charge in [0.05, 0.1) is 16.4 Å². The second-order valence-electron chi connectivity index (χ2n) is 3.93. The number of benzene rings is 1. The van der Waals surface area contributed by atoms with Crippen molar-refractivity contribution < 1.29 is 14.5 Å². The molecular formula is C13H7ClN2O4S. The molecule has 8 heteroatoms. The molecule has 0 saturated carbocycles. The highest BCUT2D eigenvalue weighted by Gasteiger charge is 2.34. The molecule has 21 heavy (non-hydrogen) atoms. The molecule has 0 aromatic heterocycles. The smallest absolute Gasteiger partial charge is 0.268 e. The van der Waals surface area contributed by atoms with Crippen molar-refractivity contribution in [3.8, 4) is 12.3 Å². The number of halogens is 1. The summed E-state index contributed by atoms with van der Waals surface area (Å²) in [5.41, 5.74) is 0.130. The zero-order valence-corrected chi connectivity index (χ0v) is 12.0. The average molecular weight is 323 g/mol. The second-order valence-corrected chi connectivity index (χ2v) is 5.34. The van der Waals surface area contributed by atoms with Crippen LogP contribution in [0.4, 0.5) is 10.5 Å². The lowest BCUT2D eigenvalue weighted by Gasteiger charge is -2.06. The highest BCUT2D eigenvalue weighted by atomic mass is 35.5. The largest absolute Gasteiger partial charge is 0.294 e. The van der Waals surface area contributed by atoms with Crippen molar-refractivity contribution in [1.82, 2.24) is 4.90 Å². The van der Waals surface area contributed by atoms with Gasteiger partial charge in [-0.3, -0.25) is 24.6 Å². The SMILES string of the molecule is C#CCN1C(=O)S/C(=C\c2cc([N+](=O)[O-])ccc2Cl)C1=O.